The molecule has 116 valence electrons. The van der Waals surface area contributed by atoms with Crippen LogP contribution < -0.4 is 4.74 Å². The normalized spacial score (nSPS) is 12.0. The molecule has 0 fully saturated rings. The maximum Gasteiger partial charge on any atom is 0.143 e. The van der Waals surface area contributed by atoms with Crippen molar-refractivity contribution in [3.05, 3.63) is 43.1 Å². The number of hydrogen-bond acceptors (Lipinski definition) is 2. The van der Waals surface area contributed by atoms with Crippen LogP contribution in [-0.4, -0.2) is 36.7 Å². The first-order chi connectivity index (χ1) is 10.3. The third-order valence-corrected chi connectivity index (χ3v) is 3.36. The lowest BCUT2D eigenvalue weighted by Gasteiger charge is -2.16. The molecule has 0 radical (unpaired) electrons. The minimum absolute atomic E-state index is 0.786. The Hall–Kier alpha value is -1.74. The van der Waals surface area contributed by atoms with Gasteiger partial charge in [0.2, 0.25) is 0 Å². The van der Waals surface area contributed by atoms with E-state index in [0.29, 0.717) is 0 Å². The molecule has 0 spiro atoms. The monoisotopic (exact) mass is 288 g/mol. The van der Waals surface area contributed by atoms with Crippen LogP contribution in [0.2, 0.25) is 0 Å². The van der Waals surface area contributed by atoms with Crippen molar-refractivity contribution in [1.82, 2.24) is 9.47 Å². The molecule has 1 aromatic carbocycles. The lowest BCUT2D eigenvalue weighted by molar-refractivity contribution is 0.287. The number of benzene rings is 1. The van der Waals surface area contributed by atoms with Gasteiger partial charge >= 0.3 is 0 Å². The van der Waals surface area contributed by atoms with Gasteiger partial charge in [-0.2, -0.15) is 0 Å². The van der Waals surface area contributed by atoms with E-state index < -0.39 is 0 Å². The van der Waals surface area contributed by atoms with Crippen LogP contribution >= 0.6 is 0 Å². The number of para-hydroxylation sites is 1. The van der Waals surface area contributed by atoms with Crippen LogP contribution in [0.25, 0.3) is 10.9 Å². The van der Waals surface area contributed by atoms with Gasteiger partial charge in [0.15, 0.2) is 0 Å². The fourth-order valence-corrected chi connectivity index (χ4v) is 2.49. The zero-order valence-electron chi connectivity index (χ0n) is 13.9. The van der Waals surface area contributed by atoms with Gasteiger partial charge < -0.3 is 14.2 Å². The average Bonchev–Trinajstić information content (AvgIpc) is 2.90. The lowest BCUT2D eigenvalue weighted by atomic mass is 10.1. The van der Waals surface area contributed by atoms with E-state index in [1.165, 1.54) is 16.5 Å². The van der Waals surface area contributed by atoms with Gasteiger partial charge in [-0.25, -0.2) is 0 Å². The van der Waals surface area contributed by atoms with E-state index >= 15 is 0 Å². The van der Waals surface area contributed by atoms with Crippen molar-refractivity contribution in [2.24, 2.45) is 0 Å². The summed E-state index contributed by atoms with van der Waals surface area (Å²) in [6.07, 6.45) is 3.39. The van der Waals surface area contributed by atoms with Crippen LogP contribution in [0.4, 0.5) is 0 Å². The van der Waals surface area contributed by atoms with Gasteiger partial charge in [-0.1, -0.05) is 26.0 Å². The fourth-order valence-electron chi connectivity index (χ4n) is 2.49. The molecule has 0 aliphatic carbocycles. The Bertz CT molecular complexity index is 558. The molecule has 1 aliphatic rings. The summed E-state index contributed by atoms with van der Waals surface area (Å²) in [6.45, 7) is 12.8. The third-order valence-electron chi connectivity index (χ3n) is 3.36. The van der Waals surface area contributed by atoms with E-state index in [9.17, 15) is 0 Å². The minimum Gasteiger partial charge on any atom is -0.490 e. The molecule has 3 nitrogen and oxygen atoms in total. The molecule has 2 aromatic rings. The number of likely N-dealkylation sites (N-methyl/N-ethyl adjacent to an activating group) is 1. The second-order valence-corrected chi connectivity index (χ2v) is 4.90. The summed E-state index contributed by atoms with van der Waals surface area (Å²) in [4.78, 5) is 2.23. The van der Waals surface area contributed by atoms with Crippen molar-refractivity contribution < 1.29 is 4.74 Å². The Kier molecular flexibility index (Phi) is 7.03. The Morgan fingerprint density at radius 3 is 2.62 bits per heavy atom. The molecule has 0 saturated heterocycles. The first-order valence-electron chi connectivity index (χ1n) is 7.64. The molecule has 0 atom stereocenters. The highest BCUT2D eigenvalue weighted by Gasteiger charge is 2.16. The summed E-state index contributed by atoms with van der Waals surface area (Å²) in [6, 6.07) is 6.36. The SMILES string of the molecule is C=C.CC.CN(C)CCc1cn2c3c(cccc13)OCC2. The second kappa shape index (κ2) is 8.53. The standard InChI is InChI=1S/C14H18N2O.C2H6.C2H4/c1-15(2)7-6-11-10-16-8-9-17-13-5-3-4-12(11)14(13)16;2*1-2/h3-5,10H,6-9H2,1-2H3;1-2H3;1-2H2. The van der Waals surface area contributed by atoms with Crippen LogP contribution in [0, 0.1) is 0 Å². The van der Waals surface area contributed by atoms with Gasteiger partial charge in [-0.3, -0.25) is 0 Å². The zero-order chi connectivity index (χ0) is 15.8. The van der Waals surface area contributed by atoms with Gasteiger partial charge in [-0.05, 0) is 32.1 Å². The highest BCUT2D eigenvalue weighted by Crippen LogP contribution is 2.32. The molecule has 0 amide bonds. The van der Waals surface area contributed by atoms with Crippen molar-refractivity contribution in [2.75, 3.05) is 27.2 Å². The molecule has 0 saturated carbocycles. The van der Waals surface area contributed by atoms with E-state index in [1.54, 1.807) is 0 Å². The maximum atomic E-state index is 5.70. The molecule has 1 aromatic heterocycles. The quantitative estimate of drug-likeness (QED) is 0.795. The van der Waals surface area contributed by atoms with Crippen LogP contribution in [0.5, 0.6) is 5.75 Å². The highest BCUT2D eigenvalue weighted by molar-refractivity contribution is 5.89. The van der Waals surface area contributed by atoms with Crippen LogP contribution in [0.1, 0.15) is 19.4 Å². The number of nitrogens with zero attached hydrogens (tertiary/aromatic N) is 2. The molecule has 3 heteroatoms. The topological polar surface area (TPSA) is 17.4 Å². The molecule has 0 bridgehead atoms. The van der Waals surface area contributed by atoms with Gasteiger partial charge in [0, 0.05) is 18.1 Å². The van der Waals surface area contributed by atoms with Gasteiger partial charge in [0.05, 0.1) is 12.1 Å². The Labute approximate surface area is 128 Å². The van der Waals surface area contributed by atoms with Crippen molar-refractivity contribution in [3.8, 4) is 5.75 Å². The maximum absolute atomic E-state index is 5.70. The summed E-state index contributed by atoms with van der Waals surface area (Å²) in [5, 5.41) is 1.35. The van der Waals surface area contributed by atoms with Crippen molar-refractivity contribution in [3.63, 3.8) is 0 Å². The zero-order valence-corrected chi connectivity index (χ0v) is 13.9. The molecule has 2 heterocycles. The van der Waals surface area contributed by atoms with Crippen molar-refractivity contribution >= 4 is 10.9 Å². The highest BCUT2D eigenvalue weighted by atomic mass is 16.5. The largest absolute Gasteiger partial charge is 0.490 e. The molecule has 0 unspecified atom stereocenters. The molecular weight excluding hydrogens is 260 g/mol. The summed E-state index contributed by atoms with van der Waals surface area (Å²) in [7, 11) is 4.23. The lowest BCUT2D eigenvalue weighted by Crippen LogP contribution is -2.15. The number of ether oxygens (including phenoxy) is 1. The van der Waals surface area contributed by atoms with Crippen LogP contribution in [0.15, 0.2) is 37.6 Å². The smallest absolute Gasteiger partial charge is 0.143 e. The second-order valence-electron chi connectivity index (χ2n) is 4.90. The summed E-state index contributed by atoms with van der Waals surface area (Å²) < 4.78 is 8.04. The van der Waals surface area contributed by atoms with E-state index in [-0.39, 0.29) is 0 Å². The van der Waals surface area contributed by atoms with E-state index in [2.05, 4.69) is 61.1 Å². The van der Waals surface area contributed by atoms with Crippen molar-refractivity contribution in [2.45, 2.75) is 26.8 Å². The average molecular weight is 288 g/mol. The van der Waals surface area contributed by atoms with Gasteiger partial charge in [0.1, 0.15) is 12.4 Å². The first kappa shape index (κ1) is 17.3. The predicted octanol–water partition coefficient (Wildman–Crippen LogP) is 3.97. The first-order valence-corrected chi connectivity index (χ1v) is 7.64. The van der Waals surface area contributed by atoms with Gasteiger partial charge in [-0.15, -0.1) is 13.2 Å². The van der Waals surface area contributed by atoms with Crippen molar-refractivity contribution in [1.29, 1.82) is 0 Å². The summed E-state index contributed by atoms with van der Waals surface area (Å²) >= 11 is 0. The number of rotatable bonds is 3. The van der Waals surface area contributed by atoms with Crippen LogP contribution in [0.3, 0.4) is 0 Å². The fraction of sp³-hybridized carbons (Fsp3) is 0.444. The third kappa shape index (κ3) is 3.88. The number of hydrogen-bond donors (Lipinski definition) is 0. The van der Waals surface area contributed by atoms with Gasteiger partial charge in [0.25, 0.3) is 0 Å². The van der Waals surface area contributed by atoms with E-state index in [4.69, 9.17) is 4.74 Å². The summed E-state index contributed by atoms with van der Waals surface area (Å²) in [5.41, 5.74) is 2.70. The molecular formula is C18H28N2O. The van der Waals surface area contributed by atoms with E-state index in [1.807, 2.05) is 13.8 Å². The number of aromatic nitrogens is 1. The predicted molar refractivity (Wildman–Crippen MR) is 92.3 cm³/mol. The Balaban J connectivity index is 0.000000510. The summed E-state index contributed by atoms with van der Waals surface area (Å²) in [5.74, 6) is 1.03. The van der Waals surface area contributed by atoms with Crippen LogP contribution in [-0.2, 0) is 13.0 Å². The molecule has 0 N–H and O–H groups in total. The minimum atomic E-state index is 0.786. The Morgan fingerprint density at radius 2 is 1.95 bits per heavy atom. The molecule has 21 heavy (non-hydrogen) atoms. The molecule has 3 rings (SSSR count). The Morgan fingerprint density at radius 1 is 1.24 bits per heavy atom. The van der Waals surface area contributed by atoms with E-state index in [0.717, 1.165) is 31.9 Å². The molecule has 1 aliphatic heterocycles.